The third-order valence-corrected chi connectivity index (χ3v) is 4.05. The van der Waals surface area contributed by atoms with E-state index in [1.54, 1.807) is 0 Å². The molecule has 2 amide bonds. The molecule has 20 heavy (non-hydrogen) atoms. The van der Waals surface area contributed by atoms with Gasteiger partial charge >= 0.3 is 6.03 Å². The molecule has 1 atom stereocenters. The minimum absolute atomic E-state index is 0.0415. The Morgan fingerprint density at radius 1 is 1.25 bits per heavy atom. The third-order valence-electron chi connectivity index (χ3n) is 4.05. The Hall–Kier alpha value is -1.75. The van der Waals surface area contributed by atoms with E-state index in [0.29, 0.717) is 6.61 Å². The molecule has 0 aliphatic carbocycles. The van der Waals surface area contributed by atoms with Gasteiger partial charge in [0.05, 0.1) is 12.6 Å². The summed E-state index contributed by atoms with van der Waals surface area (Å²) < 4.78 is 5.62. The van der Waals surface area contributed by atoms with E-state index in [4.69, 9.17) is 4.74 Å². The Bertz CT molecular complexity index is 484. The fourth-order valence-corrected chi connectivity index (χ4v) is 2.74. The number of nitrogens with one attached hydrogen (secondary N) is 1. The summed E-state index contributed by atoms with van der Waals surface area (Å²) >= 11 is 0. The molecule has 0 aromatic heterocycles. The van der Waals surface area contributed by atoms with Gasteiger partial charge < -0.3 is 19.9 Å². The average Bonchev–Trinajstić information content (AvgIpc) is 2.48. The van der Waals surface area contributed by atoms with E-state index >= 15 is 0 Å². The number of amides is 2. The highest BCUT2D eigenvalue weighted by Gasteiger charge is 2.26. The topological polar surface area (TPSA) is 44.8 Å². The number of rotatable bonds is 1. The molecule has 5 nitrogen and oxygen atoms in total. The van der Waals surface area contributed by atoms with Crippen LogP contribution in [0.4, 0.5) is 4.79 Å². The average molecular weight is 275 g/mol. The number of likely N-dealkylation sites (N-methyl/N-ethyl adjacent to an activating group) is 1. The van der Waals surface area contributed by atoms with E-state index in [1.165, 1.54) is 0 Å². The highest BCUT2D eigenvalue weighted by Crippen LogP contribution is 2.31. The van der Waals surface area contributed by atoms with Crippen molar-refractivity contribution >= 4 is 6.03 Å². The second kappa shape index (κ2) is 5.71. The monoisotopic (exact) mass is 275 g/mol. The van der Waals surface area contributed by atoms with E-state index in [1.807, 2.05) is 29.2 Å². The van der Waals surface area contributed by atoms with E-state index in [-0.39, 0.29) is 12.1 Å². The first-order chi connectivity index (χ1) is 9.74. The van der Waals surface area contributed by atoms with Gasteiger partial charge in [-0.15, -0.1) is 0 Å². The molecule has 1 N–H and O–H groups in total. The predicted octanol–water partition coefficient (Wildman–Crippen LogP) is 1.47. The number of benzene rings is 1. The highest BCUT2D eigenvalue weighted by atomic mass is 16.5. The maximum Gasteiger partial charge on any atom is 0.317 e. The van der Waals surface area contributed by atoms with E-state index in [2.05, 4.69) is 17.3 Å². The number of para-hydroxylation sites is 1. The molecule has 0 saturated carbocycles. The minimum atomic E-state index is 0.0415. The molecule has 0 spiro atoms. The predicted molar refractivity (Wildman–Crippen MR) is 76.9 cm³/mol. The van der Waals surface area contributed by atoms with Gasteiger partial charge in [0.15, 0.2) is 0 Å². The van der Waals surface area contributed by atoms with Crippen molar-refractivity contribution in [1.82, 2.24) is 15.1 Å². The van der Waals surface area contributed by atoms with Crippen LogP contribution in [0.25, 0.3) is 0 Å². The van der Waals surface area contributed by atoms with Crippen LogP contribution in [0.2, 0.25) is 0 Å². The van der Waals surface area contributed by atoms with Gasteiger partial charge in [-0.1, -0.05) is 18.2 Å². The lowest BCUT2D eigenvalue weighted by Crippen LogP contribution is -2.51. The third kappa shape index (κ3) is 2.72. The molecular formula is C15H21N3O2. The van der Waals surface area contributed by atoms with Crippen molar-refractivity contribution in [2.75, 3.05) is 39.8 Å². The zero-order valence-corrected chi connectivity index (χ0v) is 11.8. The Morgan fingerprint density at radius 3 is 2.80 bits per heavy atom. The van der Waals surface area contributed by atoms with Crippen LogP contribution in [0.15, 0.2) is 24.3 Å². The molecule has 0 radical (unpaired) electrons. The summed E-state index contributed by atoms with van der Waals surface area (Å²) in [6, 6.07) is 8.05. The summed E-state index contributed by atoms with van der Waals surface area (Å²) in [5.74, 6) is 0.891. The SMILES string of the molecule is CN1CCN(C(=O)NC2CCOc3ccccc32)CC1. The maximum absolute atomic E-state index is 12.3. The van der Waals surface area contributed by atoms with Crippen molar-refractivity contribution in [3.05, 3.63) is 29.8 Å². The van der Waals surface area contributed by atoms with Crippen LogP contribution in [0.3, 0.4) is 0 Å². The van der Waals surface area contributed by atoms with Crippen molar-refractivity contribution < 1.29 is 9.53 Å². The molecule has 2 aliphatic heterocycles. The van der Waals surface area contributed by atoms with Crippen molar-refractivity contribution in [2.45, 2.75) is 12.5 Å². The molecule has 0 bridgehead atoms. The lowest BCUT2D eigenvalue weighted by molar-refractivity contribution is 0.148. The number of carbonyl (C=O) groups excluding carboxylic acids is 1. The van der Waals surface area contributed by atoms with Crippen LogP contribution in [0.5, 0.6) is 5.75 Å². The standard InChI is InChI=1S/C15H21N3O2/c1-17-7-9-18(10-8-17)15(19)16-13-6-11-20-14-5-3-2-4-12(13)14/h2-5,13H,6-11H2,1H3,(H,16,19). The Balaban J connectivity index is 1.65. The van der Waals surface area contributed by atoms with Crippen molar-refractivity contribution in [3.63, 3.8) is 0 Å². The van der Waals surface area contributed by atoms with Crippen LogP contribution >= 0.6 is 0 Å². The number of fused-ring (bicyclic) bond motifs is 1. The van der Waals surface area contributed by atoms with E-state index in [0.717, 1.165) is 43.9 Å². The first-order valence-corrected chi connectivity index (χ1v) is 7.20. The summed E-state index contributed by atoms with van der Waals surface area (Å²) in [6.45, 7) is 4.14. The first kappa shape index (κ1) is 13.2. The second-order valence-corrected chi connectivity index (χ2v) is 5.47. The maximum atomic E-state index is 12.3. The van der Waals surface area contributed by atoms with Gasteiger partial charge in [-0.3, -0.25) is 0 Å². The van der Waals surface area contributed by atoms with Crippen molar-refractivity contribution in [1.29, 1.82) is 0 Å². The molecule has 2 aliphatic rings. The first-order valence-electron chi connectivity index (χ1n) is 7.20. The zero-order chi connectivity index (χ0) is 13.9. The smallest absolute Gasteiger partial charge is 0.317 e. The van der Waals surface area contributed by atoms with E-state index < -0.39 is 0 Å². The van der Waals surface area contributed by atoms with Gasteiger partial charge in [-0.05, 0) is 13.1 Å². The van der Waals surface area contributed by atoms with Crippen LogP contribution in [0, 0.1) is 0 Å². The normalized spacial score (nSPS) is 22.9. The molecular weight excluding hydrogens is 254 g/mol. The molecule has 5 heteroatoms. The van der Waals surface area contributed by atoms with Crippen molar-refractivity contribution in [2.24, 2.45) is 0 Å². The van der Waals surface area contributed by atoms with Gasteiger partial charge in [0, 0.05) is 38.2 Å². The second-order valence-electron chi connectivity index (χ2n) is 5.47. The molecule has 1 fully saturated rings. The quantitative estimate of drug-likeness (QED) is 0.844. The van der Waals surface area contributed by atoms with Crippen LogP contribution in [0.1, 0.15) is 18.0 Å². The highest BCUT2D eigenvalue weighted by molar-refractivity contribution is 5.75. The van der Waals surface area contributed by atoms with Gasteiger partial charge in [0.1, 0.15) is 5.75 Å². The molecule has 108 valence electrons. The molecule has 1 saturated heterocycles. The zero-order valence-electron chi connectivity index (χ0n) is 11.8. The number of carbonyl (C=O) groups is 1. The van der Waals surface area contributed by atoms with Gasteiger partial charge in [0.2, 0.25) is 0 Å². The van der Waals surface area contributed by atoms with Crippen molar-refractivity contribution in [3.8, 4) is 5.75 Å². The van der Waals surface area contributed by atoms with Crippen LogP contribution < -0.4 is 10.1 Å². The molecule has 3 rings (SSSR count). The number of urea groups is 1. The molecule has 1 aromatic rings. The summed E-state index contributed by atoms with van der Waals surface area (Å²) in [4.78, 5) is 16.5. The lowest BCUT2D eigenvalue weighted by atomic mass is 10.0. The summed E-state index contributed by atoms with van der Waals surface area (Å²) in [7, 11) is 2.09. The van der Waals surface area contributed by atoms with E-state index in [9.17, 15) is 4.79 Å². The van der Waals surface area contributed by atoms with Crippen LogP contribution in [-0.2, 0) is 0 Å². The summed E-state index contributed by atoms with van der Waals surface area (Å²) in [6.07, 6.45) is 0.830. The number of hydrogen-bond acceptors (Lipinski definition) is 3. The lowest BCUT2D eigenvalue weighted by Gasteiger charge is -2.34. The molecule has 1 aromatic carbocycles. The molecule has 1 unspecified atom stereocenters. The number of ether oxygens (including phenoxy) is 1. The Labute approximate surface area is 119 Å². The fraction of sp³-hybridized carbons (Fsp3) is 0.533. The number of piperazine rings is 1. The van der Waals surface area contributed by atoms with Crippen LogP contribution in [-0.4, -0.2) is 55.7 Å². The molecule has 2 heterocycles. The summed E-state index contributed by atoms with van der Waals surface area (Å²) in [5.41, 5.74) is 1.08. The minimum Gasteiger partial charge on any atom is -0.493 e. The number of nitrogens with zero attached hydrogens (tertiary/aromatic N) is 2. The van der Waals surface area contributed by atoms with Gasteiger partial charge in [-0.2, -0.15) is 0 Å². The Kier molecular flexibility index (Phi) is 3.78. The number of hydrogen-bond donors (Lipinski definition) is 1. The van der Waals surface area contributed by atoms with Gasteiger partial charge in [-0.25, -0.2) is 4.79 Å². The fourth-order valence-electron chi connectivity index (χ4n) is 2.74. The Morgan fingerprint density at radius 2 is 2.00 bits per heavy atom. The summed E-state index contributed by atoms with van der Waals surface area (Å²) in [5, 5.41) is 3.15. The largest absolute Gasteiger partial charge is 0.493 e. The van der Waals surface area contributed by atoms with Gasteiger partial charge in [0.25, 0.3) is 0 Å².